The molecule has 4 rings (SSSR count). The highest BCUT2D eigenvalue weighted by molar-refractivity contribution is 9.10. The molecule has 0 spiro atoms. The molecule has 2 heterocycles. The number of amides is 1. The minimum absolute atomic E-state index is 0.0422. The molecule has 1 aliphatic heterocycles. The van der Waals surface area contributed by atoms with E-state index in [0.29, 0.717) is 6.54 Å². The summed E-state index contributed by atoms with van der Waals surface area (Å²) >= 11 is 3.44. The zero-order valence-electron chi connectivity index (χ0n) is 16.7. The molecule has 1 saturated heterocycles. The number of anilines is 2. The van der Waals surface area contributed by atoms with E-state index in [4.69, 9.17) is 4.74 Å². The van der Waals surface area contributed by atoms with Gasteiger partial charge in [0.1, 0.15) is 5.75 Å². The van der Waals surface area contributed by atoms with Gasteiger partial charge in [-0.05, 0) is 67.4 Å². The minimum atomic E-state index is -0.0826. The van der Waals surface area contributed by atoms with E-state index in [2.05, 4.69) is 36.3 Å². The fraction of sp³-hybridized carbons (Fsp3) is 0.261. The zero-order valence-corrected chi connectivity index (χ0v) is 18.3. The van der Waals surface area contributed by atoms with Crippen LogP contribution in [0.25, 0.3) is 11.3 Å². The summed E-state index contributed by atoms with van der Waals surface area (Å²) in [6, 6.07) is 19.3. The summed E-state index contributed by atoms with van der Waals surface area (Å²) in [6.45, 7) is 1.51. The molecule has 0 radical (unpaired) electrons. The minimum Gasteiger partial charge on any atom is -0.497 e. The molecule has 154 valence electrons. The number of methoxy groups -OCH3 is 1. The Kier molecular flexibility index (Phi) is 6.28. The molecule has 3 aromatic rings. The van der Waals surface area contributed by atoms with Crippen molar-refractivity contribution in [2.75, 3.05) is 30.4 Å². The average Bonchev–Trinajstić information content (AvgIpc) is 2.79. The van der Waals surface area contributed by atoms with Crippen LogP contribution in [0, 0.1) is 5.92 Å². The third-order valence-electron chi connectivity index (χ3n) is 5.24. The van der Waals surface area contributed by atoms with E-state index >= 15 is 0 Å². The summed E-state index contributed by atoms with van der Waals surface area (Å²) in [4.78, 5) is 14.9. The predicted molar refractivity (Wildman–Crippen MR) is 122 cm³/mol. The number of carbonyl (C=O) groups is 1. The molecule has 1 N–H and O–H groups in total. The fourth-order valence-electron chi connectivity index (χ4n) is 3.62. The number of aromatic nitrogens is 2. The Morgan fingerprint density at radius 2 is 1.97 bits per heavy atom. The molecule has 2 aromatic carbocycles. The van der Waals surface area contributed by atoms with Crippen LogP contribution in [0.5, 0.6) is 5.75 Å². The number of piperidine rings is 1. The van der Waals surface area contributed by atoms with Gasteiger partial charge in [0.25, 0.3) is 0 Å². The van der Waals surface area contributed by atoms with Crippen LogP contribution in [0.3, 0.4) is 0 Å². The van der Waals surface area contributed by atoms with Crippen molar-refractivity contribution in [3.05, 3.63) is 65.1 Å². The molecule has 0 saturated carbocycles. The van der Waals surface area contributed by atoms with Crippen LogP contribution in [-0.4, -0.2) is 36.3 Å². The first-order chi connectivity index (χ1) is 14.6. The standard InChI is InChI=1S/C23H23BrN4O2/c1-30-20-9-7-16(8-10-20)21-11-12-22(27-26-21)28-13-3-4-17(15-28)23(29)25-19-6-2-5-18(24)14-19/h2,5-12,14,17H,3-4,13,15H2,1H3,(H,25,29). The highest BCUT2D eigenvalue weighted by atomic mass is 79.9. The number of hydrogen-bond acceptors (Lipinski definition) is 5. The van der Waals surface area contributed by atoms with Crippen molar-refractivity contribution in [1.82, 2.24) is 10.2 Å². The third kappa shape index (κ3) is 4.79. The maximum absolute atomic E-state index is 12.7. The van der Waals surface area contributed by atoms with E-state index in [-0.39, 0.29) is 11.8 Å². The third-order valence-corrected chi connectivity index (χ3v) is 5.74. The number of halogens is 1. The van der Waals surface area contributed by atoms with E-state index in [0.717, 1.165) is 52.4 Å². The van der Waals surface area contributed by atoms with Gasteiger partial charge in [0.05, 0.1) is 18.7 Å². The lowest BCUT2D eigenvalue weighted by Gasteiger charge is -2.32. The van der Waals surface area contributed by atoms with Crippen molar-refractivity contribution in [3.8, 4) is 17.0 Å². The van der Waals surface area contributed by atoms with Gasteiger partial charge in [0.2, 0.25) is 5.91 Å². The van der Waals surface area contributed by atoms with Gasteiger partial charge in [-0.2, -0.15) is 0 Å². The molecule has 1 unspecified atom stereocenters. The predicted octanol–water partition coefficient (Wildman–Crippen LogP) is 4.77. The number of ether oxygens (including phenoxy) is 1. The SMILES string of the molecule is COc1ccc(-c2ccc(N3CCCC(C(=O)Nc4cccc(Br)c4)C3)nn2)cc1. The second-order valence-electron chi connectivity index (χ2n) is 7.29. The largest absolute Gasteiger partial charge is 0.497 e. The van der Waals surface area contributed by atoms with Crippen LogP contribution in [0.4, 0.5) is 11.5 Å². The smallest absolute Gasteiger partial charge is 0.229 e. The van der Waals surface area contributed by atoms with Crippen molar-refractivity contribution >= 4 is 33.3 Å². The summed E-state index contributed by atoms with van der Waals surface area (Å²) in [5, 5.41) is 11.8. The molecular formula is C23H23BrN4O2. The summed E-state index contributed by atoms with van der Waals surface area (Å²) < 4.78 is 6.14. The maximum Gasteiger partial charge on any atom is 0.229 e. The molecule has 1 fully saturated rings. The quantitative estimate of drug-likeness (QED) is 0.586. The maximum atomic E-state index is 12.7. The Morgan fingerprint density at radius 3 is 2.67 bits per heavy atom. The number of nitrogens with zero attached hydrogens (tertiary/aromatic N) is 3. The van der Waals surface area contributed by atoms with Crippen LogP contribution in [0.2, 0.25) is 0 Å². The van der Waals surface area contributed by atoms with Gasteiger partial charge in [-0.3, -0.25) is 4.79 Å². The van der Waals surface area contributed by atoms with Crippen LogP contribution in [0.15, 0.2) is 65.1 Å². The molecule has 1 aromatic heterocycles. The molecular weight excluding hydrogens is 444 g/mol. The van der Waals surface area contributed by atoms with Crippen LogP contribution >= 0.6 is 15.9 Å². The summed E-state index contributed by atoms with van der Waals surface area (Å²) in [5.41, 5.74) is 2.59. The lowest BCUT2D eigenvalue weighted by atomic mass is 9.97. The second kappa shape index (κ2) is 9.26. The number of rotatable bonds is 5. The lowest BCUT2D eigenvalue weighted by Crippen LogP contribution is -2.41. The Hall–Kier alpha value is -2.93. The second-order valence-corrected chi connectivity index (χ2v) is 8.21. The molecule has 0 aliphatic carbocycles. The Balaban J connectivity index is 1.41. The zero-order chi connectivity index (χ0) is 20.9. The van der Waals surface area contributed by atoms with Crippen molar-refractivity contribution < 1.29 is 9.53 Å². The van der Waals surface area contributed by atoms with E-state index in [1.165, 1.54) is 0 Å². The van der Waals surface area contributed by atoms with Gasteiger partial charge in [-0.1, -0.05) is 22.0 Å². The summed E-state index contributed by atoms with van der Waals surface area (Å²) in [6.07, 6.45) is 1.81. The number of carbonyl (C=O) groups excluding carboxylic acids is 1. The number of benzene rings is 2. The molecule has 1 aliphatic rings. The first-order valence-corrected chi connectivity index (χ1v) is 10.7. The normalized spacial score (nSPS) is 16.2. The average molecular weight is 467 g/mol. The van der Waals surface area contributed by atoms with Crippen LogP contribution in [0.1, 0.15) is 12.8 Å². The molecule has 6 nitrogen and oxygen atoms in total. The van der Waals surface area contributed by atoms with Crippen molar-refractivity contribution in [2.24, 2.45) is 5.92 Å². The van der Waals surface area contributed by atoms with Gasteiger partial charge in [-0.25, -0.2) is 0 Å². The molecule has 7 heteroatoms. The highest BCUT2D eigenvalue weighted by Gasteiger charge is 2.27. The first-order valence-electron chi connectivity index (χ1n) is 9.92. The Morgan fingerprint density at radius 1 is 1.13 bits per heavy atom. The van der Waals surface area contributed by atoms with Gasteiger partial charge < -0.3 is 15.0 Å². The Labute approximate surface area is 184 Å². The van der Waals surface area contributed by atoms with Gasteiger partial charge >= 0.3 is 0 Å². The van der Waals surface area contributed by atoms with Gasteiger partial charge in [0.15, 0.2) is 5.82 Å². The van der Waals surface area contributed by atoms with E-state index < -0.39 is 0 Å². The lowest BCUT2D eigenvalue weighted by molar-refractivity contribution is -0.120. The van der Waals surface area contributed by atoms with Crippen LogP contribution < -0.4 is 15.0 Å². The van der Waals surface area contributed by atoms with E-state index in [9.17, 15) is 4.79 Å². The van der Waals surface area contributed by atoms with Crippen molar-refractivity contribution in [1.29, 1.82) is 0 Å². The van der Waals surface area contributed by atoms with Gasteiger partial charge in [-0.15, -0.1) is 10.2 Å². The monoisotopic (exact) mass is 466 g/mol. The topological polar surface area (TPSA) is 67.3 Å². The van der Waals surface area contributed by atoms with Crippen molar-refractivity contribution in [2.45, 2.75) is 12.8 Å². The van der Waals surface area contributed by atoms with Gasteiger partial charge in [0, 0.05) is 28.8 Å². The summed E-state index contributed by atoms with van der Waals surface area (Å²) in [7, 11) is 1.65. The number of hydrogen-bond donors (Lipinski definition) is 1. The molecule has 30 heavy (non-hydrogen) atoms. The van der Waals surface area contributed by atoms with E-state index in [1.54, 1.807) is 7.11 Å². The molecule has 1 atom stereocenters. The Bertz CT molecular complexity index is 1010. The molecule has 0 bridgehead atoms. The molecule has 1 amide bonds. The van der Waals surface area contributed by atoms with Crippen LogP contribution in [-0.2, 0) is 4.79 Å². The summed E-state index contributed by atoms with van der Waals surface area (Å²) in [5.74, 6) is 1.57. The number of nitrogens with one attached hydrogen (secondary N) is 1. The highest BCUT2D eigenvalue weighted by Crippen LogP contribution is 2.25. The van der Waals surface area contributed by atoms with E-state index in [1.807, 2.05) is 60.7 Å². The fourth-order valence-corrected chi connectivity index (χ4v) is 4.02. The van der Waals surface area contributed by atoms with Crippen molar-refractivity contribution in [3.63, 3.8) is 0 Å². The first kappa shape index (κ1) is 20.3.